The zero-order valence-electron chi connectivity index (χ0n) is 22.2. The number of rotatable bonds is 15. The van der Waals surface area contributed by atoms with Crippen LogP contribution in [0.2, 0.25) is 0 Å². The molecule has 0 aromatic rings. The molecule has 0 saturated heterocycles. The fraction of sp³-hybridized carbons (Fsp3) is 0.680. The van der Waals surface area contributed by atoms with Gasteiger partial charge in [-0.3, -0.25) is 33.7 Å². The van der Waals surface area contributed by atoms with Gasteiger partial charge in [-0.15, -0.1) is 0 Å². The molecule has 202 valence electrons. The van der Waals surface area contributed by atoms with Crippen molar-refractivity contribution in [3.05, 3.63) is 12.2 Å². The Bertz CT molecular complexity index is 836. The molecule has 0 saturated carbocycles. The zero-order valence-corrected chi connectivity index (χ0v) is 22.2. The smallest absolute Gasteiger partial charge is 0.253 e. The zero-order chi connectivity index (χ0) is 27.4. The molecule has 0 aromatic carbocycles. The maximum Gasteiger partial charge on any atom is 0.253 e. The van der Waals surface area contributed by atoms with Gasteiger partial charge in [-0.2, -0.15) is 0 Å². The van der Waals surface area contributed by atoms with Crippen molar-refractivity contribution in [3.63, 3.8) is 0 Å². The van der Waals surface area contributed by atoms with E-state index in [-0.39, 0.29) is 41.9 Å². The topological polar surface area (TPSA) is 154 Å². The van der Waals surface area contributed by atoms with Gasteiger partial charge in [0.2, 0.25) is 23.6 Å². The monoisotopic (exact) mass is 507 g/mol. The molecule has 1 heterocycles. The largest absolute Gasteiger partial charge is 0.354 e. The fourth-order valence-electron chi connectivity index (χ4n) is 3.40. The number of hydrogen-bond donors (Lipinski definition) is 4. The van der Waals surface area contributed by atoms with Crippen molar-refractivity contribution in [2.75, 3.05) is 13.1 Å². The minimum absolute atomic E-state index is 0.189. The van der Waals surface area contributed by atoms with Gasteiger partial charge in [0, 0.05) is 31.7 Å². The molecule has 4 N–H and O–H groups in total. The van der Waals surface area contributed by atoms with Crippen LogP contribution in [-0.2, 0) is 28.8 Å². The molecule has 1 aliphatic heterocycles. The Kier molecular flexibility index (Phi) is 12.8. The molecule has 0 aliphatic carbocycles. The summed E-state index contributed by atoms with van der Waals surface area (Å²) in [7, 11) is 0. The minimum Gasteiger partial charge on any atom is -0.354 e. The summed E-state index contributed by atoms with van der Waals surface area (Å²) < 4.78 is 0. The number of imide groups is 1. The average Bonchev–Trinajstić information content (AvgIpc) is 3.11. The summed E-state index contributed by atoms with van der Waals surface area (Å²) in [5.74, 6) is -2.21. The highest BCUT2D eigenvalue weighted by atomic mass is 16.2. The van der Waals surface area contributed by atoms with E-state index in [9.17, 15) is 28.8 Å². The number of carbonyl (C=O) groups excluding carboxylic acids is 6. The van der Waals surface area contributed by atoms with Gasteiger partial charge < -0.3 is 21.3 Å². The highest BCUT2D eigenvalue weighted by Gasteiger charge is 2.29. The van der Waals surface area contributed by atoms with E-state index in [1.807, 2.05) is 13.8 Å². The molecule has 3 atom stereocenters. The normalized spacial score (nSPS) is 15.6. The molecule has 36 heavy (non-hydrogen) atoms. The van der Waals surface area contributed by atoms with Crippen LogP contribution in [-0.4, -0.2) is 71.6 Å². The van der Waals surface area contributed by atoms with Crippen molar-refractivity contribution in [2.45, 2.75) is 85.4 Å². The third-order valence-electron chi connectivity index (χ3n) is 5.64. The highest BCUT2D eigenvalue weighted by molar-refractivity contribution is 6.12. The van der Waals surface area contributed by atoms with Gasteiger partial charge in [0.1, 0.15) is 18.1 Å². The van der Waals surface area contributed by atoms with E-state index < -0.39 is 29.9 Å². The van der Waals surface area contributed by atoms with E-state index in [1.165, 1.54) is 19.1 Å². The van der Waals surface area contributed by atoms with E-state index in [0.29, 0.717) is 32.4 Å². The Hall–Kier alpha value is -3.24. The Labute approximate surface area is 213 Å². The highest BCUT2D eigenvalue weighted by Crippen LogP contribution is 2.08. The Morgan fingerprint density at radius 3 is 1.89 bits per heavy atom. The van der Waals surface area contributed by atoms with Gasteiger partial charge in [0.15, 0.2) is 0 Å². The lowest BCUT2D eigenvalue weighted by molar-refractivity contribution is -0.137. The first-order valence-electron chi connectivity index (χ1n) is 12.5. The molecule has 0 radical (unpaired) electrons. The molecule has 6 amide bonds. The first-order valence-corrected chi connectivity index (χ1v) is 12.5. The maximum absolute atomic E-state index is 12.7. The molecular weight excluding hydrogens is 466 g/mol. The molecule has 1 rings (SSSR count). The number of amides is 6. The Balaban J connectivity index is 2.42. The van der Waals surface area contributed by atoms with Crippen LogP contribution in [0.4, 0.5) is 0 Å². The van der Waals surface area contributed by atoms with Gasteiger partial charge in [-0.25, -0.2) is 0 Å². The number of nitrogens with one attached hydrogen (secondary N) is 4. The maximum atomic E-state index is 12.7. The SMILES string of the molecule is CC(C)CNC(=O)[C@H](C)NC(=O)[C@@H](NC(=O)[C@H](C)NC(=O)CCCCCN1C(=O)C=CC1=O)C(C)C. The van der Waals surface area contributed by atoms with Crippen molar-refractivity contribution in [3.8, 4) is 0 Å². The van der Waals surface area contributed by atoms with E-state index in [4.69, 9.17) is 0 Å². The summed E-state index contributed by atoms with van der Waals surface area (Å²) in [6.45, 7) is 11.4. The molecular formula is C25H41N5O6. The lowest BCUT2D eigenvalue weighted by atomic mass is 10.0. The minimum atomic E-state index is -0.873. The number of carbonyl (C=O) groups is 6. The number of hydrogen-bond acceptors (Lipinski definition) is 6. The third-order valence-corrected chi connectivity index (χ3v) is 5.64. The van der Waals surface area contributed by atoms with Gasteiger partial charge in [-0.1, -0.05) is 34.1 Å². The van der Waals surface area contributed by atoms with E-state index >= 15 is 0 Å². The lowest BCUT2D eigenvalue weighted by Crippen LogP contribution is -2.57. The molecule has 0 bridgehead atoms. The molecule has 11 heteroatoms. The van der Waals surface area contributed by atoms with Crippen LogP contribution in [0, 0.1) is 11.8 Å². The molecule has 0 spiro atoms. The second-order valence-corrected chi connectivity index (χ2v) is 9.86. The third kappa shape index (κ3) is 10.6. The summed E-state index contributed by atoms with van der Waals surface area (Å²) >= 11 is 0. The summed E-state index contributed by atoms with van der Waals surface area (Å²) in [6.07, 6.45) is 4.43. The summed E-state index contributed by atoms with van der Waals surface area (Å²) in [4.78, 5) is 73.9. The molecule has 0 unspecified atom stereocenters. The predicted octanol–water partition coefficient (Wildman–Crippen LogP) is 0.394. The molecule has 11 nitrogen and oxygen atoms in total. The van der Waals surface area contributed by atoms with Crippen molar-refractivity contribution in [2.24, 2.45) is 11.8 Å². The van der Waals surface area contributed by atoms with E-state index in [1.54, 1.807) is 20.8 Å². The van der Waals surface area contributed by atoms with Gasteiger partial charge in [-0.05, 0) is 38.5 Å². The van der Waals surface area contributed by atoms with Crippen LogP contribution in [0.3, 0.4) is 0 Å². The van der Waals surface area contributed by atoms with Crippen LogP contribution in [0.15, 0.2) is 12.2 Å². The molecule has 0 aromatic heterocycles. The standard InChI is InChI=1S/C25H41N5O6/c1-15(2)14-26-23(34)17(5)28-25(36)22(16(3)4)29-24(35)18(6)27-19(31)10-8-7-9-13-30-20(32)11-12-21(30)33/h11-12,15-18,22H,7-10,13-14H2,1-6H3,(H,26,34)(H,27,31)(H,28,36)(H,29,35)/t17-,18-,22-/m0/s1. The van der Waals surface area contributed by atoms with Crippen LogP contribution >= 0.6 is 0 Å². The first kappa shape index (κ1) is 30.8. The van der Waals surface area contributed by atoms with Gasteiger partial charge in [0.25, 0.3) is 11.8 Å². The second kappa shape index (κ2) is 15.0. The molecule has 0 fully saturated rings. The summed E-state index contributed by atoms with van der Waals surface area (Å²) in [5, 5.41) is 10.7. The first-order chi connectivity index (χ1) is 16.8. The van der Waals surface area contributed by atoms with E-state index in [0.717, 1.165) is 4.90 Å². The fourth-order valence-corrected chi connectivity index (χ4v) is 3.40. The number of unbranched alkanes of at least 4 members (excludes halogenated alkanes) is 2. The van der Waals surface area contributed by atoms with Gasteiger partial charge in [0.05, 0.1) is 0 Å². The average molecular weight is 508 g/mol. The second-order valence-electron chi connectivity index (χ2n) is 9.86. The van der Waals surface area contributed by atoms with Crippen LogP contribution < -0.4 is 21.3 Å². The Morgan fingerprint density at radius 2 is 1.33 bits per heavy atom. The van der Waals surface area contributed by atoms with Crippen LogP contribution in [0.1, 0.15) is 67.2 Å². The van der Waals surface area contributed by atoms with Crippen LogP contribution in [0.5, 0.6) is 0 Å². The summed E-state index contributed by atoms with van der Waals surface area (Å²) in [5.41, 5.74) is 0. The molecule has 1 aliphatic rings. The Morgan fingerprint density at radius 1 is 0.750 bits per heavy atom. The van der Waals surface area contributed by atoms with Crippen molar-refractivity contribution >= 4 is 35.4 Å². The summed E-state index contributed by atoms with van der Waals surface area (Å²) in [6, 6.07) is -2.49. The predicted molar refractivity (Wildman–Crippen MR) is 134 cm³/mol. The van der Waals surface area contributed by atoms with Gasteiger partial charge >= 0.3 is 0 Å². The van der Waals surface area contributed by atoms with Crippen molar-refractivity contribution in [1.29, 1.82) is 0 Å². The van der Waals surface area contributed by atoms with Crippen molar-refractivity contribution in [1.82, 2.24) is 26.2 Å². The van der Waals surface area contributed by atoms with Crippen molar-refractivity contribution < 1.29 is 28.8 Å². The number of nitrogens with zero attached hydrogens (tertiary/aromatic N) is 1. The van der Waals surface area contributed by atoms with E-state index in [2.05, 4.69) is 21.3 Å². The van der Waals surface area contributed by atoms with Crippen LogP contribution in [0.25, 0.3) is 0 Å². The lowest BCUT2D eigenvalue weighted by Gasteiger charge is -2.25. The quantitative estimate of drug-likeness (QED) is 0.186.